The topological polar surface area (TPSA) is 54.0 Å². The molecule has 92 valence electrons. The van der Waals surface area contributed by atoms with Crippen molar-refractivity contribution in [3.05, 3.63) is 22.8 Å². The van der Waals surface area contributed by atoms with Crippen molar-refractivity contribution in [1.82, 2.24) is 10.3 Å². The molecule has 1 aromatic rings. The second-order valence-corrected chi connectivity index (χ2v) is 4.96. The van der Waals surface area contributed by atoms with Crippen molar-refractivity contribution >= 4 is 23.3 Å². The summed E-state index contributed by atoms with van der Waals surface area (Å²) in [7, 11) is 1.74. The zero-order valence-electron chi connectivity index (χ0n) is 9.96. The van der Waals surface area contributed by atoms with Crippen LogP contribution in [0.4, 0.5) is 5.82 Å². The minimum Gasteiger partial charge on any atom is -0.372 e. The van der Waals surface area contributed by atoms with Crippen molar-refractivity contribution in [3.63, 3.8) is 0 Å². The SMILES string of the molecule is CNc1ncc(C(=O)NC2CC(C)C2)cc1Cl. The van der Waals surface area contributed by atoms with Crippen LogP contribution in [0.5, 0.6) is 0 Å². The molecule has 0 bridgehead atoms. The van der Waals surface area contributed by atoms with E-state index in [9.17, 15) is 4.79 Å². The van der Waals surface area contributed by atoms with Crippen molar-refractivity contribution in [1.29, 1.82) is 0 Å². The highest BCUT2D eigenvalue weighted by molar-refractivity contribution is 6.33. The summed E-state index contributed by atoms with van der Waals surface area (Å²) in [5.74, 6) is 1.20. The largest absolute Gasteiger partial charge is 0.372 e. The Balaban J connectivity index is 2.01. The number of amides is 1. The molecule has 2 rings (SSSR count). The number of pyridine rings is 1. The molecule has 0 spiro atoms. The molecule has 0 unspecified atom stereocenters. The second-order valence-electron chi connectivity index (χ2n) is 4.55. The Kier molecular flexibility index (Phi) is 3.52. The molecule has 0 saturated heterocycles. The summed E-state index contributed by atoms with van der Waals surface area (Å²) in [5, 5.41) is 6.29. The molecule has 1 aromatic heterocycles. The van der Waals surface area contributed by atoms with Crippen LogP contribution in [-0.4, -0.2) is 24.0 Å². The molecule has 1 fully saturated rings. The van der Waals surface area contributed by atoms with E-state index in [4.69, 9.17) is 11.6 Å². The number of nitrogens with zero attached hydrogens (tertiary/aromatic N) is 1. The monoisotopic (exact) mass is 253 g/mol. The van der Waals surface area contributed by atoms with Gasteiger partial charge in [0.2, 0.25) is 0 Å². The highest BCUT2D eigenvalue weighted by Crippen LogP contribution is 2.26. The zero-order valence-corrected chi connectivity index (χ0v) is 10.7. The van der Waals surface area contributed by atoms with E-state index >= 15 is 0 Å². The summed E-state index contributed by atoms with van der Waals surface area (Å²) in [6.45, 7) is 2.18. The Hall–Kier alpha value is -1.29. The lowest BCUT2D eigenvalue weighted by Crippen LogP contribution is -2.43. The average molecular weight is 254 g/mol. The summed E-state index contributed by atoms with van der Waals surface area (Å²) in [5.41, 5.74) is 0.508. The molecule has 4 nitrogen and oxygen atoms in total. The first-order chi connectivity index (χ1) is 8.10. The Morgan fingerprint density at radius 2 is 2.24 bits per heavy atom. The first-order valence-corrected chi connectivity index (χ1v) is 6.12. The molecule has 1 amide bonds. The van der Waals surface area contributed by atoms with E-state index in [2.05, 4.69) is 22.5 Å². The van der Waals surface area contributed by atoms with Gasteiger partial charge in [-0.3, -0.25) is 4.79 Å². The number of nitrogens with one attached hydrogen (secondary N) is 2. The van der Waals surface area contributed by atoms with Gasteiger partial charge in [0.1, 0.15) is 5.82 Å². The summed E-state index contributed by atoms with van der Waals surface area (Å²) in [6.07, 6.45) is 3.65. The van der Waals surface area contributed by atoms with E-state index in [0.29, 0.717) is 28.4 Å². The lowest BCUT2D eigenvalue weighted by atomic mass is 9.82. The van der Waals surface area contributed by atoms with Crippen LogP contribution in [0.1, 0.15) is 30.1 Å². The lowest BCUT2D eigenvalue weighted by molar-refractivity contribution is 0.0895. The van der Waals surface area contributed by atoms with E-state index in [1.165, 1.54) is 6.20 Å². The lowest BCUT2D eigenvalue weighted by Gasteiger charge is -2.33. The summed E-state index contributed by atoms with van der Waals surface area (Å²) in [4.78, 5) is 16.0. The molecule has 0 aliphatic heterocycles. The molecule has 1 heterocycles. The molecule has 2 N–H and O–H groups in total. The number of aromatic nitrogens is 1. The number of hydrogen-bond acceptors (Lipinski definition) is 3. The maximum absolute atomic E-state index is 11.9. The maximum atomic E-state index is 11.9. The minimum absolute atomic E-state index is 0.0982. The fraction of sp³-hybridized carbons (Fsp3) is 0.500. The van der Waals surface area contributed by atoms with Crippen LogP contribution in [-0.2, 0) is 0 Å². The molecular weight excluding hydrogens is 238 g/mol. The summed E-state index contributed by atoms with van der Waals surface area (Å²) in [6, 6.07) is 1.94. The first-order valence-electron chi connectivity index (χ1n) is 5.74. The third-order valence-electron chi connectivity index (χ3n) is 3.05. The highest BCUT2D eigenvalue weighted by Gasteiger charge is 2.27. The number of carbonyl (C=O) groups is 1. The molecule has 1 aliphatic rings. The van der Waals surface area contributed by atoms with E-state index in [1.807, 2.05) is 0 Å². The quantitative estimate of drug-likeness (QED) is 0.869. The molecule has 0 radical (unpaired) electrons. The van der Waals surface area contributed by atoms with Crippen LogP contribution in [0.15, 0.2) is 12.3 Å². The molecular formula is C12H16ClN3O. The average Bonchev–Trinajstić information content (AvgIpc) is 2.26. The predicted octanol–water partition coefficient (Wildman–Crippen LogP) is 2.31. The normalized spacial score (nSPS) is 22.8. The van der Waals surface area contributed by atoms with Crippen molar-refractivity contribution in [2.45, 2.75) is 25.8 Å². The number of carbonyl (C=O) groups excluding carboxylic acids is 1. The Labute approximate surface area is 106 Å². The van der Waals surface area contributed by atoms with Gasteiger partial charge in [0, 0.05) is 19.3 Å². The van der Waals surface area contributed by atoms with Gasteiger partial charge in [-0.25, -0.2) is 4.98 Å². The molecule has 0 aromatic carbocycles. The van der Waals surface area contributed by atoms with Gasteiger partial charge in [0.25, 0.3) is 5.91 Å². The second kappa shape index (κ2) is 4.92. The van der Waals surface area contributed by atoms with Gasteiger partial charge in [-0.2, -0.15) is 0 Å². The van der Waals surface area contributed by atoms with Crippen molar-refractivity contribution < 1.29 is 4.79 Å². The Morgan fingerprint density at radius 3 is 2.76 bits per heavy atom. The predicted molar refractivity (Wildman–Crippen MR) is 68.4 cm³/mol. The smallest absolute Gasteiger partial charge is 0.253 e. The van der Waals surface area contributed by atoms with Crippen molar-refractivity contribution in [3.8, 4) is 0 Å². The van der Waals surface area contributed by atoms with Crippen LogP contribution in [0.2, 0.25) is 5.02 Å². The van der Waals surface area contributed by atoms with E-state index < -0.39 is 0 Å². The molecule has 1 aliphatic carbocycles. The Morgan fingerprint density at radius 1 is 1.53 bits per heavy atom. The van der Waals surface area contributed by atoms with Gasteiger partial charge in [0.05, 0.1) is 10.6 Å². The molecule has 5 heteroatoms. The fourth-order valence-corrected chi connectivity index (χ4v) is 2.30. The van der Waals surface area contributed by atoms with E-state index in [0.717, 1.165) is 12.8 Å². The summed E-state index contributed by atoms with van der Waals surface area (Å²) < 4.78 is 0. The number of rotatable bonds is 3. The Bertz CT molecular complexity index is 430. The summed E-state index contributed by atoms with van der Waals surface area (Å²) >= 11 is 5.98. The van der Waals surface area contributed by atoms with Gasteiger partial charge in [-0.05, 0) is 24.8 Å². The zero-order chi connectivity index (χ0) is 12.4. The number of hydrogen-bond donors (Lipinski definition) is 2. The van der Waals surface area contributed by atoms with E-state index in [-0.39, 0.29) is 5.91 Å². The number of halogens is 1. The van der Waals surface area contributed by atoms with Gasteiger partial charge < -0.3 is 10.6 Å². The van der Waals surface area contributed by atoms with Crippen LogP contribution in [0, 0.1) is 5.92 Å². The standard InChI is InChI=1S/C12H16ClN3O/c1-7-3-9(4-7)16-12(17)8-5-10(13)11(14-2)15-6-8/h5-7,9H,3-4H2,1-2H3,(H,14,15)(H,16,17). The van der Waals surface area contributed by atoms with Gasteiger partial charge in [-0.1, -0.05) is 18.5 Å². The van der Waals surface area contributed by atoms with Crippen LogP contribution in [0.3, 0.4) is 0 Å². The molecule has 1 saturated carbocycles. The van der Waals surface area contributed by atoms with Gasteiger partial charge in [-0.15, -0.1) is 0 Å². The van der Waals surface area contributed by atoms with Crippen LogP contribution >= 0.6 is 11.6 Å². The molecule has 17 heavy (non-hydrogen) atoms. The molecule has 0 atom stereocenters. The highest BCUT2D eigenvalue weighted by atomic mass is 35.5. The van der Waals surface area contributed by atoms with E-state index in [1.54, 1.807) is 13.1 Å². The van der Waals surface area contributed by atoms with Crippen LogP contribution in [0.25, 0.3) is 0 Å². The van der Waals surface area contributed by atoms with Gasteiger partial charge >= 0.3 is 0 Å². The third-order valence-corrected chi connectivity index (χ3v) is 3.34. The minimum atomic E-state index is -0.0982. The van der Waals surface area contributed by atoms with Crippen molar-refractivity contribution in [2.75, 3.05) is 12.4 Å². The van der Waals surface area contributed by atoms with Gasteiger partial charge in [0.15, 0.2) is 0 Å². The fourth-order valence-electron chi connectivity index (χ4n) is 2.03. The van der Waals surface area contributed by atoms with Crippen molar-refractivity contribution in [2.24, 2.45) is 5.92 Å². The number of anilines is 1. The van der Waals surface area contributed by atoms with Crippen LogP contribution < -0.4 is 10.6 Å². The maximum Gasteiger partial charge on any atom is 0.253 e. The first kappa shape index (κ1) is 12.2. The third kappa shape index (κ3) is 2.69.